The average Bonchev–Trinajstić information content (AvgIpc) is 2.20. The molecular formula is C10H14ClNO2. The fraction of sp³-hybridized carbons (Fsp3) is 0.400. The fourth-order valence-electron chi connectivity index (χ4n) is 1.23. The highest BCUT2D eigenvalue weighted by molar-refractivity contribution is 6.32. The number of halogens is 1. The largest absolute Gasteiger partial charge is 0.389 e. The van der Waals surface area contributed by atoms with E-state index in [1.807, 2.05) is 13.0 Å². The molecular weight excluding hydrogens is 202 g/mol. The summed E-state index contributed by atoms with van der Waals surface area (Å²) in [6.45, 7) is 1.85. The van der Waals surface area contributed by atoms with Crippen molar-refractivity contribution in [1.82, 2.24) is 0 Å². The molecule has 1 aromatic carbocycles. The SMILES string of the molecule is Cc1cccc(C(O)C(O)CN)c1Cl. The van der Waals surface area contributed by atoms with Crippen LogP contribution in [0.3, 0.4) is 0 Å². The number of nitrogens with two attached hydrogens (primary N) is 1. The van der Waals surface area contributed by atoms with Crippen molar-refractivity contribution in [3.8, 4) is 0 Å². The van der Waals surface area contributed by atoms with Gasteiger partial charge in [0.2, 0.25) is 0 Å². The van der Waals surface area contributed by atoms with Crippen LogP contribution in [0.5, 0.6) is 0 Å². The second-order valence-electron chi connectivity index (χ2n) is 3.23. The highest BCUT2D eigenvalue weighted by atomic mass is 35.5. The summed E-state index contributed by atoms with van der Waals surface area (Å²) in [6.07, 6.45) is -2.00. The summed E-state index contributed by atoms with van der Waals surface area (Å²) in [4.78, 5) is 0. The lowest BCUT2D eigenvalue weighted by Gasteiger charge is -2.18. The van der Waals surface area contributed by atoms with Gasteiger partial charge in [-0.2, -0.15) is 0 Å². The van der Waals surface area contributed by atoms with Crippen molar-refractivity contribution in [2.75, 3.05) is 6.54 Å². The zero-order valence-electron chi connectivity index (χ0n) is 7.94. The summed E-state index contributed by atoms with van der Waals surface area (Å²) in [7, 11) is 0. The number of aliphatic hydroxyl groups excluding tert-OH is 2. The molecule has 0 saturated heterocycles. The van der Waals surface area contributed by atoms with E-state index in [1.165, 1.54) is 0 Å². The Kier molecular flexibility index (Phi) is 3.89. The van der Waals surface area contributed by atoms with Gasteiger partial charge in [0.1, 0.15) is 6.10 Å². The molecule has 0 heterocycles. The normalized spacial score (nSPS) is 15.2. The van der Waals surface area contributed by atoms with Gasteiger partial charge in [0.15, 0.2) is 0 Å². The van der Waals surface area contributed by atoms with E-state index in [9.17, 15) is 10.2 Å². The molecule has 0 bridgehead atoms. The van der Waals surface area contributed by atoms with Gasteiger partial charge in [-0.25, -0.2) is 0 Å². The molecule has 0 aromatic heterocycles. The molecule has 2 unspecified atom stereocenters. The first kappa shape index (κ1) is 11.5. The topological polar surface area (TPSA) is 66.5 Å². The Bertz CT molecular complexity index is 317. The first-order valence-corrected chi connectivity index (χ1v) is 4.77. The van der Waals surface area contributed by atoms with Crippen LogP contribution < -0.4 is 5.73 Å². The molecule has 0 aliphatic heterocycles. The van der Waals surface area contributed by atoms with Crippen LogP contribution in [0.2, 0.25) is 5.02 Å². The van der Waals surface area contributed by atoms with Crippen molar-refractivity contribution in [3.63, 3.8) is 0 Å². The molecule has 0 amide bonds. The van der Waals surface area contributed by atoms with Gasteiger partial charge in [0.25, 0.3) is 0 Å². The predicted molar refractivity (Wildman–Crippen MR) is 56.2 cm³/mol. The van der Waals surface area contributed by atoms with E-state index in [1.54, 1.807) is 12.1 Å². The second kappa shape index (κ2) is 4.75. The number of rotatable bonds is 3. The van der Waals surface area contributed by atoms with Crippen LogP contribution in [0.1, 0.15) is 17.2 Å². The molecule has 14 heavy (non-hydrogen) atoms. The molecule has 0 fully saturated rings. The van der Waals surface area contributed by atoms with E-state index < -0.39 is 12.2 Å². The standard InChI is InChI=1S/C10H14ClNO2/c1-6-3-2-4-7(9(6)11)10(14)8(13)5-12/h2-4,8,10,13-14H,5,12H2,1H3. The van der Waals surface area contributed by atoms with Gasteiger partial charge in [-0.15, -0.1) is 0 Å². The molecule has 0 radical (unpaired) electrons. The Morgan fingerprint density at radius 2 is 2.07 bits per heavy atom. The van der Waals surface area contributed by atoms with Crippen LogP contribution in [0.15, 0.2) is 18.2 Å². The smallest absolute Gasteiger partial charge is 0.108 e. The second-order valence-corrected chi connectivity index (χ2v) is 3.60. The van der Waals surface area contributed by atoms with Gasteiger partial charge in [-0.3, -0.25) is 0 Å². The van der Waals surface area contributed by atoms with E-state index in [0.29, 0.717) is 10.6 Å². The van der Waals surface area contributed by atoms with E-state index in [-0.39, 0.29) is 6.54 Å². The lowest BCUT2D eigenvalue weighted by atomic mass is 10.0. The van der Waals surface area contributed by atoms with Crippen LogP contribution in [-0.4, -0.2) is 22.9 Å². The molecule has 4 N–H and O–H groups in total. The lowest BCUT2D eigenvalue weighted by Crippen LogP contribution is -2.27. The quantitative estimate of drug-likeness (QED) is 0.705. The van der Waals surface area contributed by atoms with Gasteiger partial charge in [0.05, 0.1) is 6.10 Å². The molecule has 1 rings (SSSR count). The molecule has 1 aromatic rings. The zero-order valence-corrected chi connectivity index (χ0v) is 8.70. The summed E-state index contributed by atoms with van der Waals surface area (Å²) in [5.74, 6) is 0. The van der Waals surface area contributed by atoms with Crippen molar-refractivity contribution in [2.24, 2.45) is 5.73 Å². The summed E-state index contributed by atoms with van der Waals surface area (Å²) < 4.78 is 0. The van der Waals surface area contributed by atoms with Crippen molar-refractivity contribution in [2.45, 2.75) is 19.1 Å². The van der Waals surface area contributed by atoms with Crippen LogP contribution in [0, 0.1) is 6.92 Å². The van der Waals surface area contributed by atoms with Gasteiger partial charge >= 0.3 is 0 Å². The molecule has 0 saturated carbocycles. The monoisotopic (exact) mass is 215 g/mol. The Labute approximate surface area is 88.1 Å². The number of hydrogen-bond donors (Lipinski definition) is 3. The van der Waals surface area contributed by atoms with Crippen molar-refractivity contribution in [1.29, 1.82) is 0 Å². The van der Waals surface area contributed by atoms with Gasteiger partial charge in [0, 0.05) is 17.1 Å². The Balaban J connectivity index is 3.01. The minimum atomic E-state index is -1.02. The molecule has 0 aliphatic carbocycles. The maximum absolute atomic E-state index is 9.68. The van der Waals surface area contributed by atoms with E-state index in [2.05, 4.69) is 0 Å². The molecule has 2 atom stereocenters. The van der Waals surface area contributed by atoms with Gasteiger partial charge < -0.3 is 15.9 Å². The summed E-state index contributed by atoms with van der Waals surface area (Å²) in [6, 6.07) is 5.30. The van der Waals surface area contributed by atoms with Crippen LogP contribution in [-0.2, 0) is 0 Å². The minimum absolute atomic E-state index is 0.00539. The van der Waals surface area contributed by atoms with E-state index in [0.717, 1.165) is 5.56 Å². The predicted octanol–water partition coefficient (Wildman–Crippen LogP) is 1.00. The van der Waals surface area contributed by atoms with Crippen molar-refractivity contribution >= 4 is 11.6 Å². The third-order valence-electron chi connectivity index (χ3n) is 2.15. The highest BCUT2D eigenvalue weighted by Gasteiger charge is 2.19. The van der Waals surface area contributed by atoms with E-state index >= 15 is 0 Å². The first-order chi connectivity index (χ1) is 6.57. The van der Waals surface area contributed by atoms with Gasteiger partial charge in [-0.1, -0.05) is 29.8 Å². The number of aliphatic hydroxyl groups is 2. The number of hydrogen-bond acceptors (Lipinski definition) is 3. The summed E-state index contributed by atoms with van der Waals surface area (Å²) >= 11 is 5.98. The first-order valence-electron chi connectivity index (χ1n) is 4.39. The molecule has 78 valence electrons. The minimum Gasteiger partial charge on any atom is -0.389 e. The van der Waals surface area contributed by atoms with Crippen LogP contribution in [0.4, 0.5) is 0 Å². The third kappa shape index (κ3) is 2.25. The Morgan fingerprint density at radius 3 is 2.64 bits per heavy atom. The maximum Gasteiger partial charge on any atom is 0.108 e. The number of benzene rings is 1. The fourth-order valence-corrected chi connectivity index (χ4v) is 1.47. The van der Waals surface area contributed by atoms with Crippen molar-refractivity contribution < 1.29 is 10.2 Å². The van der Waals surface area contributed by atoms with E-state index in [4.69, 9.17) is 17.3 Å². The zero-order chi connectivity index (χ0) is 10.7. The molecule has 3 nitrogen and oxygen atoms in total. The van der Waals surface area contributed by atoms with Gasteiger partial charge in [-0.05, 0) is 12.5 Å². The van der Waals surface area contributed by atoms with Crippen LogP contribution in [0.25, 0.3) is 0 Å². The number of aryl methyl sites for hydroxylation is 1. The Morgan fingerprint density at radius 1 is 1.43 bits per heavy atom. The maximum atomic E-state index is 9.68. The summed E-state index contributed by atoms with van der Waals surface area (Å²) in [5.41, 5.74) is 6.63. The molecule has 4 heteroatoms. The lowest BCUT2D eigenvalue weighted by molar-refractivity contribution is 0.0244. The molecule has 0 spiro atoms. The van der Waals surface area contributed by atoms with Crippen molar-refractivity contribution in [3.05, 3.63) is 34.3 Å². The Hall–Kier alpha value is -0.610. The summed E-state index contributed by atoms with van der Waals surface area (Å²) in [5, 5.41) is 19.5. The molecule has 0 aliphatic rings. The third-order valence-corrected chi connectivity index (χ3v) is 2.66. The highest BCUT2D eigenvalue weighted by Crippen LogP contribution is 2.27. The van der Waals surface area contributed by atoms with Crippen LogP contribution >= 0.6 is 11.6 Å². The average molecular weight is 216 g/mol.